The van der Waals surface area contributed by atoms with Crippen LogP contribution in [0.4, 0.5) is 0 Å². The van der Waals surface area contributed by atoms with Crippen molar-refractivity contribution in [3.05, 3.63) is 81.8 Å². The lowest BCUT2D eigenvalue weighted by atomic mass is 9.84. The number of likely N-dealkylation sites (tertiary alicyclic amines) is 1. The molecular formula is C28H30N2O6S. The molecule has 0 aliphatic carbocycles. The third-order valence-electron chi connectivity index (χ3n) is 6.91. The minimum atomic E-state index is -1.80. The van der Waals surface area contributed by atoms with Crippen LogP contribution < -0.4 is 4.74 Å². The maximum atomic E-state index is 14.3. The monoisotopic (exact) mass is 522 g/mol. The zero-order valence-electron chi connectivity index (χ0n) is 21.2. The van der Waals surface area contributed by atoms with E-state index in [2.05, 4.69) is 4.98 Å². The Morgan fingerprint density at radius 2 is 1.84 bits per heavy atom. The number of thiazole rings is 1. The van der Waals surface area contributed by atoms with E-state index in [0.29, 0.717) is 16.3 Å². The zero-order chi connectivity index (χ0) is 27.0. The minimum Gasteiger partial charge on any atom is -0.496 e. The van der Waals surface area contributed by atoms with Crippen molar-refractivity contribution < 1.29 is 29.3 Å². The summed E-state index contributed by atoms with van der Waals surface area (Å²) < 4.78 is 5.59. The van der Waals surface area contributed by atoms with Crippen LogP contribution in [0.3, 0.4) is 0 Å². The van der Waals surface area contributed by atoms with Crippen molar-refractivity contribution in [1.29, 1.82) is 0 Å². The molecule has 4 rings (SSSR count). The molecule has 8 nitrogen and oxygen atoms in total. The second kappa shape index (κ2) is 9.97. The number of amides is 1. The molecule has 0 radical (unpaired) electrons. The summed E-state index contributed by atoms with van der Waals surface area (Å²) in [6.07, 6.45) is 1.23. The molecule has 0 spiro atoms. The fraction of sp³-hybridized carbons (Fsp3) is 0.357. The molecule has 1 saturated heterocycles. The van der Waals surface area contributed by atoms with Gasteiger partial charge in [-0.15, -0.1) is 11.3 Å². The Bertz CT molecular complexity index is 1300. The zero-order valence-corrected chi connectivity index (χ0v) is 22.0. The molecule has 9 heteroatoms. The van der Waals surface area contributed by atoms with Crippen LogP contribution >= 0.6 is 11.3 Å². The Hall–Kier alpha value is -3.72. The normalized spacial score (nSPS) is 21.6. The topological polar surface area (TPSA) is 117 Å². The summed E-state index contributed by atoms with van der Waals surface area (Å²) in [5.41, 5.74) is -0.255. The van der Waals surface area contributed by atoms with Crippen LogP contribution in [0.1, 0.15) is 59.7 Å². The number of ether oxygens (including phenoxy) is 1. The largest absolute Gasteiger partial charge is 0.496 e. The Kier molecular flexibility index (Phi) is 7.10. The summed E-state index contributed by atoms with van der Waals surface area (Å²) in [5, 5.41) is 22.9. The Labute approximate surface area is 219 Å². The lowest BCUT2D eigenvalue weighted by Gasteiger charge is -2.38. The van der Waals surface area contributed by atoms with Crippen LogP contribution in [0.2, 0.25) is 0 Å². The fourth-order valence-electron chi connectivity index (χ4n) is 5.17. The van der Waals surface area contributed by atoms with Gasteiger partial charge >= 0.3 is 11.9 Å². The highest BCUT2D eigenvalue weighted by atomic mass is 32.1. The van der Waals surface area contributed by atoms with Gasteiger partial charge in [0.15, 0.2) is 0 Å². The number of aromatic nitrogens is 1. The summed E-state index contributed by atoms with van der Waals surface area (Å²) in [4.78, 5) is 45.3. The number of nitrogens with zero attached hydrogens (tertiary/aromatic N) is 2. The second-order valence-electron chi connectivity index (χ2n) is 10.3. The molecule has 0 bridgehead atoms. The standard InChI is InChI=1S/C28H30N2O6S/c1-27(2,3)20-11-10-18(14-21(20)36-4)24(31)30-22(23-29-12-13-37-23)19(25(32)33)16-28(30,26(34)35)15-17-8-6-5-7-9-17/h5-14,19,22H,15-16H2,1-4H3,(H,32,33)(H,34,35)/t19-,22+,28?/m0/s1. The summed E-state index contributed by atoms with van der Waals surface area (Å²) in [7, 11) is 1.52. The van der Waals surface area contributed by atoms with Gasteiger partial charge in [0.05, 0.1) is 19.1 Å². The molecule has 0 saturated carbocycles. The molecule has 1 amide bonds. The van der Waals surface area contributed by atoms with Crippen molar-refractivity contribution in [1.82, 2.24) is 9.88 Å². The number of carbonyl (C=O) groups is 3. The first kappa shape index (κ1) is 26.3. The van der Waals surface area contributed by atoms with E-state index < -0.39 is 35.3 Å². The van der Waals surface area contributed by atoms with Crippen LogP contribution in [0.5, 0.6) is 5.75 Å². The van der Waals surface area contributed by atoms with E-state index in [1.165, 1.54) is 29.5 Å². The number of carboxylic acid groups (broad SMARTS) is 2. The first-order valence-corrected chi connectivity index (χ1v) is 12.8. The van der Waals surface area contributed by atoms with Gasteiger partial charge in [-0.3, -0.25) is 9.59 Å². The van der Waals surface area contributed by atoms with Crippen LogP contribution in [-0.2, 0) is 21.4 Å². The quantitative estimate of drug-likeness (QED) is 0.458. The molecule has 2 aromatic carbocycles. The van der Waals surface area contributed by atoms with E-state index in [0.717, 1.165) is 5.56 Å². The maximum Gasteiger partial charge on any atom is 0.330 e. The van der Waals surface area contributed by atoms with Crippen LogP contribution in [0, 0.1) is 5.92 Å². The molecule has 1 aliphatic heterocycles. The number of carboxylic acids is 2. The molecule has 2 N–H and O–H groups in total. The molecule has 37 heavy (non-hydrogen) atoms. The maximum absolute atomic E-state index is 14.3. The highest BCUT2D eigenvalue weighted by Crippen LogP contribution is 2.50. The fourth-order valence-corrected chi connectivity index (χ4v) is 5.96. The molecule has 3 aromatic rings. The number of carbonyl (C=O) groups excluding carboxylic acids is 1. The third-order valence-corrected chi connectivity index (χ3v) is 7.76. The van der Waals surface area contributed by atoms with Gasteiger partial charge < -0.3 is 19.8 Å². The molecular weight excluding hydrogens is 492 g/mol. The number of aliphatic carboxylic acids is 2. The predicted molar refractivity (Wildman–Crippen MR) is 139 cm³/mol. The van der Waals surface area contributed by atoms with Crippen molar-refractivity contribution in [2.75, 3.05) is 7.11 Å². The van der Waals surface area contributed by atoms with Crippen molar-refractivity contribution in [2.24, 2.45) is 5.92 Å². The van der Waals surface area contributed by atoms with Crippen molar-refractivity contribution in [3.8, 4) is 5.75 Å². The molecule has 2 heterocycles. The van der Waals surface area contributed by atoms with Gasteiger partial charge in [0.1, 0.15) is 16.3 Å². The number of methoxy groups -OCH3 is 1. The van der Waals surface area contributed by atoms with E-state index in [9.17, 15) is 24.6 Å². The Balaban J connectivity index is 1.92. The number of benzene rings is 2. The van der Waals surface area contributed by atoms with E-state index in [1.54, 1.807) is 47.8 Å². The SMILES string of the molecule is COc1cc(C(=O)N2[C@@H](c3nccs3)[C@@H](C(=O)O)CC2(Cc2ccccc2)C(=O)O)ccc1C(C)(C)C. The van der Waals surface area contributed by atoms with Gasteiger partial charge in [0, 0.05) is 23.6 Å². The van der Waals surface area contributed by atoms with Gasteiger partial charge in [0.2, 0.25) is 0 Å². The van der Waals surface area contributed by atoms with E-state index in [4.69, 9.17) is 4.74 Å². The highest BCUT2D eigenvalue weighted by molar-refractivity contribution is 7.09. The van der Waals surface area contributed by atoms with Crippen molar-refractivity contribution in [3.63, 3.8) is 0 Å². The smallest absolute Gasteiger partial charge is 0.330 e. The average Bonchev–Trinajstić information content (AvgIpc) is 3.50. The van der Waals surface area contributed by atoms with Gasteiger partial charge in [0.25, 0.3) is 5.91 Å². The lowest BCUT2D eigenvalue weighted by molar-refractivity contribution is -0.149. The van der Waals surface area contributed by atoms with Gasteiger partial charge in [-0.2, -0.15) is 0 Å². The molecule has 1 aromatic heterocycles. The van der Waals surface area contributed by atoms with Crippen LogP contribution in [-0.4, -0.2) is 50.6 Å². The van der Waals surface area contributed by atoms with Gasteiger partial charge in [-0.05, 0) is 35.1 Å². The van der Waals surface area contributed by atoms with Gasteiger partial charge in [-0.1, -0.05) is 57.2 Å². The summed E-state index contributed by atoms with van der Waals surface area (Å²) in [6, 6.07) is 13.0. The minimum absolute atomic E-state index is 0.0439. The first-order valence-electron chi connectivity index (χ1n) is 11.9. The average molecular weight is 523 g/mol. The van der Waals surface area contributed by atoms with Crippen LogP contribution in [0.15, 0.2) is 60.1 Å². The third kappa shape index (κ3) is 4.83. The summed E-state index contributed by atoms with van der Waals surface area (Å²) in [6.45, 7) is 6.08. The number of hydrogen-bond donors (Lipinski definition) is 2. The van der Waals surface area contributed by atoms with E-state index in [1.807, 2.05) is 26.8 Å². The summed E-state index contributed by atoms with van der Waals surface area (Å²) in [5.74, 6) is -3.66. The second-order valence-corrected chi connectivity index (χ2v) is 11.2. The Morgan fingerprint density at radius 3 is 2.38 bits per heavy atom. The highest BCUT2D eigenvalue weighted by Gasteiger charge is 2.61. The number of rotatable bonds is 7. The van der Waals surface area contributed by atoms with E-state index >= 15 is 0 Å². The Morgan fingerprint density at radius 1 is 1.14 bits per heavy atom. The molecule has 1 unspecified atom stereocenters. The lowest BCUT2D eigenvalue weighted by Crippen LogP contribution is -2.55. The molecule has 1 fully saturated rings. The van der Waals surface area contributed by atoms with Crippen molar-refractivity contribution in [2.45, 2.75) is 50.6 Å². The predicted octanol–water partition coefficient (Wildman–Crippen LogP) is 4.80. The first-order chi connectivity index (χ1) is 17.5. The van der Waals surface area contributed by atoms with Crippen molar-refractivity contribution >= 4 is 29.2 Å². The number of hydrogen-bond acceptors (Lipinski definition) is 6. The van der Waals surface area contributed by atoms with E-state index in [-0.39, 0.29) is 23.8 Å². The molecule has 3 atom stereocenters. The molecule has 1 aliphatic rings. The molecule has 194 valence electrons. The van der Waals surface area contributed by atoms with Gasteiger partial charge in [-0.25, -0.2) is 9.78 Å². The van der Waals surface area contributed by atoms with Crippen LogP contribution in [0.25, 0.3) is 0 Å². The summed E-state index contributed by atoms with van der Waals surface area (Å²) >= 11 is 1.20.